The fraction of sp³-hybridized carbons (Fsp3) is 0.500. The quantitative estimate of drug-likeness (QED) is 0.848. The number of carbonyl (C=O) groups excluding carboxylic acids is 1. The summed E-state index contributed by atoms with van der Waals surface area (Å²) in [5.74, 6) is -0.594. The van der Waals surface area contributed by atoms with E-state index >= 15 is 0 Å². The normalized spacial score (nSPS) is 17.7. The van der Waals surface area contributed by atoms with Crippen LogP contribution in [0.1, 0.15) is 19.8 Å². The number of amides is 1. The average Bonchev–Trinajstić information content (AvgIpc) is 2.46. The number of nitrogens with zero attached hydrogens (tertiary/aromatic N) is 2. The van der Waals surface area contributed by atoms with E-state index in [0.29, 0.717) is 25.9 Å². The van der Waals surface area contributed by atoms with Crippen molar-refractivity contribution in [3.63, 3.8) is 0 Å². The smallest absolute Gasteiger partial charge is 0.243 e. The Morgan fingerprint density at radius 3 is 2.48 bits per heavy atom. The van der Waals surface area contributed by atoms with Crippen LogP contribution in [0.3, 0.4) is 0 Å². The molecule has 0 radical (unpaired) electrons. The van der Waals surface area contributed by atoms with E-state index in [1.807, 2.05) is 0 Å². The molecule has 0 aromatic heterocycles. The second-order valence-corrected chi connectivity index (χ2v) is 7.16. The molecule has 1 aromatic rings. The summed E-state index contributed by atoms with van der Waals surface area (Å²) in [5, 5.41) is 0. The molecule has 0 N–H and O–H groups in total. The Hall–Kier alpha value is -1.47. The van der Waals surface area contributed by atoms with Crippen LogP contribution in [-0.2, 0) is 14.8 Å². The second kappa shape index (κ2) is 6.11. The van der Waals surface area contributed by atoms with Crippen LogP contribution in [0.2, 0.25) is 0 Å². The minimum atomic E-state index is -3.66. The van der Waals surface area contributed by atoms with Crippen molar-refractivity contribution in [3.8, 4) is 0 Å². The molecule has 1 aliphatic heterocycles. The average molecular weight is 314 g/mol. The summed E-state index contributed by atoms with van der Waals surface area (Å²) in [4.78, 5) is 13.0. The van der Waals surface area contributed by atoms with Gasteiger partial charge in [-0.25, -0.2) is 12.8 Å². The lowest BCUT2D eigenvalue weighted by atomic mass is 10.1. The summed E-state index contributed by atoms with van der Waals surface area (Å²) < 4.78 is 39.4. The van der Waals surface area contributed by atoms with E-state index in [-0.39, 0.29) is 16.8 Å². The first-order chi connectivity index (χ1) is 9.82. The SMILES string of the molecule is CC(=O)N(C)C1CCN(S(=O)(=O)c2cccc(F)c2)CC1. The van der Waals surface area contributed by atoms with E-state index in [1.165, 1.54) is 29.4 Å². The molecule has 0 unspecified atom stereocenters. The summed E-state index contributed by atoms with van der Waals surface area (Å²) in [5.41, 5.74) is 0. The Kier molecular flexibility index (Phi) is 4.63. The summed E-state index contributed by atoms with van der Waals surface area (Å²) >= 11 is 0. The fourth-order valence-electron chi connectivity index (χ4n) is 2.50. The number of rotatable bonds is 3. The largest absolute Gasteiger partial charge is 0.343 e. The first-order valence-electron chi connectivity index (χ1n) is 6.81. The molecule has 116 valence electrons. The molecule has 5 nitrogen and oxygen atoms in total. The molecule has 0 spiro atoms. The first kappa shape index (κ1) is 15.9. The number of sulfonamides is 1. The van der Waals surface area contributed by atoms with Gasteiger partial charge in [-0.15, -0.1) is 0 Å². The van der Waals surface area contributed by atoms with Gasteiger partial charge in [-0.05, 0) is 31.0 Å². The Labute approximate surface area is 124 Å². The molecule has 1 aromatic carbocycles. The fourth-order valence-corrected chi connectivity index (χ4v) is 4.01. The van der Waals surface area contributed by atoms with Gasteiger partial charge in [0.25, 0.3) is 0 Å². The molecule has 7 heteroatoms. The highest BCUT2D eigenvalue weighted by Crippen LogP contribution is 2.23. The van der Waals surface area contributed by atoms with Crippen molar-refractivity contribution in [2.24, 2.45) is 0 Å². The van der Waals surface area contributed by atoms with Crippen molar-refractivity contribution in [2.45, 2.75) is 30.7 Å². The standard InChI is InChI=1S/C14H19FN2O3S/c1-11(18)16(2)13-6-8-17(9-7-13)21(19,20)14-5-3-4-12(15)10-14/h3-5,10,13H,6-9H2,1-2H3. The van der Waals surface area contributed by atoms with E-state index in [0.717, 1.165) is 6.07 Å². The first-order valence-corrected chi connectivity index (χ1v) is 8.25. The van der Waals surface area contributed by atoms with Crippen LogP contribution in [0.15, 0.2) is 29.2 Å². The van der Waals surface area contributed by atoms with Crippen LogP contribution in [0.4, 0.5) is 4.39 Å². The van der Waals surface area contributed by atoms with Gasteiger partial charge >= 0.3 is 0 Å². The van der Waals surface area contributed by atoms with Crippen molar-refractivity contribution in [2.75, 3.05) is 20.1 Å². The Morgan fingerprint density at radius 1 is 1.33 bits per heavy atom. The number of hydrogen-bond acceptors (Lipinski definition) is 3. The highest BCUT2D eigenvalue weighted by atomic mass is 32.2. The number of halogens is 1. The van der Waals surface area contributed by atoms with Gasteiger partial charge in [0.1, 0.15) is 5.82 Å². The predicted molar refractivity (Wildman–Crippen MR) is 76.6 cm³/mol. The van der Waals surface area contributed by atoms with Gasteiger partial charge in [0.15, 0.2) is 0 Å². The van der Waals surface area contributed by atoms with E-state index in [1.54, 1.807) is 11.9 Å². The van der Waals surface area contributed by atoms with Gasteiger partial charge in [0.05, 0.1) is 4.90 Å². The number of hydrogen-bond donors (Lipinski definition) is 0. The lowest BCUT2D eigenvalue weighted by Crippen LogP contribution is -2.46. The zero-order valence-electron chi connectivity index (χ0n) is 12.1. The summed E-state index contributed by atoms with van der Waals surface area (Å²) in [6.45, 7) is 2.16. The van der Waals surface area contributed by atoms with E-state index in [2.05, 4.69) is 0 Å². The second-order valence-electron chi connectivity index (χ2n) is 5.22. The number of piperidine rings is 1. The molecule has 1 aliphatic rings. The van der Waals surface area contributed by atoms with Crippen LogP contribution in [-0.4, -0.2) is 49.7 Å². The molecule has 0 atom stereocenters. The van der Waals surface area contributed by atoms with Gasteiger partial charge in [-0.1, -0.05) is 6.07 Å². The molecule has 1 saturated heterocycles. The molecule has 0 bridgehead atoms. The molecule has 1 amide bonds. The monoisotopic (exact) mass is 314 g/mol. The van der Waals surface area contributed by atoms with E-state index in [4.69, 9.17) is 0 Å². The minimum Gasteiger partial charge on any atom is -0.343 e. The maximum atomic E-state index is 13.2. The van der Waals surface area contributed by atoms with E-state index < -0.39 is 15.8 Å². The molecule has 0 saturated carbocycles. The van der Waals surface area contributed by atoms with Gasteiger partial charge in [-0.2, -0.15) is 4.31 Å². The van der Waals surface area contributed by atoms with Crippen molar-refractivity contribution < 1.29 is 17.6 Å². The predicted octanol–water partition coefficient (Wildman–Crippen LogP) is 1.46. The lowest BCUT2D eigenvalue weighted by Gasteiger charge is -2.35. The van der Waals surface area contributed by atoms with Crippen molar-refractivity contribution in [1.29, 1.82) is 0 Å². The number of benzene rings is 1. The maximum Gasteiger partial charge on any atom is 0.243 e. The summed E-state index contributed by atoms with van der Waals surface area (Å²) in [6.07, 6.45) is 1.18. The van der Waals surface area contributed by atoms with Crippen LogP contribution in [0.25, 0.3) is 0 Å². The van der Waals surface area contributed by atoms with Crippen molar-refractivity contribution >= 4 is 15.9 Å². The third-order valence-electron chi connectivity index (χ3n) is 3.90. The molecular formula is C14H19FN2O3S. The summed E-state index contributed by atoms with van der Waals surface area (Å²) in [7, 11) is -1.94. The van der Waals surface area contributed by atoms with Gasteiger partial charge < -0.3 is 4.90 Å². The summed E-state index contributed by atoms with van der Waals surface area (Å²) in [6, 6.07) is 5.09. The van der Waals surface area contributed by atoms with Gasteiger partial charge in [-0.3, -0.25) is 4.79 Å². The van der Waals surface area contributed by atoms with Gasteiger partial charge in [0, 0.05) is 33.1 Å². The zero-order chi connectivity index (χ0) is 15.6. The topological polar surface area (TPSA) is 57.7 Å². The third kappa shape index (κ3) is 3.41. The Morgan fingerprint density at radius 2 is 1.95 bits per heavy atom. The van der Waals surface area contributed by atoms with E-state index in [9.17, 15) is 17.6 Å². The Bertz CT molecular complexity index is 625. The van der Waals surface area contributed by atoms with Crippen LogP contribution in [0, 0.1) is 5.82 Å². The van der Waals surface area contributed by atoms with Crippen LogP contribution >= 0.6 is 0 Å². The zero-order valence-corrected chi connectivity index (χ0v) is 12.9. The van der Waals surface area contributed by atoms with Crippen LogP contribution < -0.4 is 0 Å². The lowest BCUT2D eigenvalue weighted by molar-refractivity contribution is -0.130. The maximum absolute atomic E-state index is 13.2. The van der Waals surface area contributed by atoms with Crippen molar-refractivity contribution in [3.05, 3.63) is 30.1 Å². The molecule has 21 heavy (non-hydrogen) atoms. The highest BCUT2D eigenvalue weighted by Gasteiger charge is 2.31. The highest BCUT2D eigenvalue weighted by molar-refractivity contribution is 7.89. The minimum absolute atomic E-state index is 0.0264. The molecule has 1 fully saturated rings. The van der Waals surface area contributed by atoms with Crippen molar-refractivity contribution in [1.82, 2.24) is 9.21 Å². The van der Waals surface area contributed by atoms with Crippen LogP contribution in [0.5, 0.6) is 0 Å². The van der Waals surface area contributed by atoms with Gasteiger partial charge in [0.2, 0.25) is 15.9 Å². The third-order valence-corrected chi connectivity index (χ3v) is 5.80. The molecule has 0 aliphatic carbocycles. The number of carbonyl (C=O) groups is 1. The molecular weight excluding hydrogens is 295 g/mol. The molecule has 2 rings (SSSR count). The molecule has 1 heterocycles. The Balaban J connectivity index is 2.09.